The molecule has 1 saturated heterocycles. The number of nitrogens with zero attached hydrogens (tertiary/aromatic N) is 4. The van der Waals surface area contributed by atoms with Gasteiger partial charge < -0.3 is 20.1 Å². The molecule has 1 aromatic rings. The van der Waals surface area contributed by atoms with Gasteiger partial charge in [-0.3, -0.25) is 9.79 Å². The van der Waals surface area contributed by atoms with Crippen LogP contribution in [0.2, 0.25) is 0 Å². The number of hydrogen-bond acceptors (Lipinski definition) is 3. The van der Waals surface area contributed by atoms with E-state index < -0.39 is 0 Å². The van der Waals surface area contributed by atoms with Crippen LogP contribution in [0.15, 0.2) is 23.7 Å². The van der Waals surface area contributed by atoms with Gasteiger partial charge in [0.1, 0.15) is 0 Å². The Hall–Kier alpha value is -2.05. The quantitative estimate of drug-likeness (QED) is 0.620. The van der Waals surface area contributed by atoms with Gasteiger partial charge in [0, 0.05) is 51.5 Å². The summed E-state index contributed by atoms with van der Waals surface area (Å²) in [5.74, 6) is 1.63. The molecule has 0 spiro atoms. The molecule has 2 aliphatic rings. The van der Waals surface area contributed by atoms with Gasteiger partial charge in [-0.25, -0.2) is 4.98 Å². The Bertz CT molecular complexity index is 593. The second-order valence-electron chi connectivity index (χ2n) is 7.56. The maximum absolute atomic E-state index is 12.1. The van der Waals surface area contributed by atoms with Crippen LogP contribution in [0.25, 0.3) is 0 Å². The lowest BCUT2D eigenvalue weighted by Crippen LogP contribution is -2.49. The summed E-state index contributed by atoms with van der Waals surface area (Å²) in [6.45, 7) is 4.81. The van der Waals surface area contributed by atoms with E-state index in [1.54, 1.807) is 0 Å². The van der Waals surface area contributed by atoms with Crippen LogP contribution in [0.3, 0.4) is 0 Å². The smallest absolute Gasteiger partial charge is 0.221 e. The highest BCUT2D eigenvalue weighted by molar-refractivity contribution is 5.81. The Kier molecular flexibility index (Phi) is 6.52. The molecule has 1 aliphatic carbocycles. The van der Waals surface area contributed by atoms with E-state index in [-0.39, 0.29) is 5.91 Å². The third-order valence-electron chi connectivity index (χ3n) is 5.69. The number of nitrogens with one attached hydrogen (secondary N) is 2. The van der Waals surface area contributed by atoms with Crippen LogP contribution < -0.4 is 10.6 Å². The van der Waals surface area contributed by atoms with Crippen molar-refractivity contribution in [2.75, 3.05) is 26.7 Å². The number of amides is 1. The number of aromatic nitrogens is 2. The van der Waals surface area contributed by atoms with Gasteiger partial charge in [0.15, 0.2) is 5.96 Å². The van der Waals surface area contributed by atoms with Crippen molar-refractivity contribution in [3.63, 3.8) is 0 Å². The number of piperidine rings is 1. The van der Waals surface area contributed by atoms with Gasteiger partial charge >= 0.3 is 0 Å². The maximum atomic E-state index is 12.1. The highest BCUT2D eigenvalue weighted by Gasteiger charge is 2.28. The average molecular weight is 361 g/mol. The maximum Gasteiger partial charge on any atom is 0.221 e. The predicted octanol–water partition coefficient (Wildman–Crippen LogP) is 1.79. The normalized spacial score (nSPS) is 24.7. The van der Waals surface area contributed by atoms with Crippen molar-refractivity contribution in [2.24, 2.45) is 10.9 Å². The van der Waals surface area contributed by atoms with Gasteiger partial charge in [-0.1, -0.05) is 19.8 Å². The summed E-state index contributed by atoms with van der Waals surface area (Å²) in [5.41, 5.74) is 0. The van der Waals surface area contributed by atoms with E-state index in [9.17, 15) is 4.79 Å². The topological polar surface area (TPSA) is 74.6 Å². The van der Waals surface area contributed by atoms with Crippen LogP contribution in [-0.2, 0) is 4.79 Å². The fraction of sp³-hybridized carbons (Fsp3) is 0.737. The fourth-order valence-electron chi connectivity index (χ4n) is 4.09. The lowest BCUT2D eigenvalue weighted by Gasteiger charge is -2.39. The van der Waals surface area contributed by atoms with Crippen molar-refractivity contribution in [3.05, 3.63) is 18.7 Å². The molecule has 1 saturated carbocycles. The van der Waals surface area contributed by atoms with Gasteiger partial charge in [-0.2, -0.15) is 0 Å². The molecule has 2 N–H and O–H groups in total. The Labute approximate surface area is 156 Å². The molecule has 0 radical (unpaired) electrons. The summed E-state index contributed by atoms with van der Waals surface area (Å²) in [5, 5.41) is 6.50. The zero-order chi connectivity index (χ0) is 18.4. The Morgan fingerprint density at radius 1 is 1.31 bits per heavy atom. The molecule has 7 heteroatoms. The van der Waals surface area contributed by atoms with Gasteiger partial charge in [-0.15, -0.1) is 0 Å². The fourth-order valence-corrected chi connectivity index (χ4v) is 4.09. The summed E-state index contributed by atoms with van der Waals surface area (Å²) in [6.07, 6.45) is 12.1. The van der Waals surface area contributed by atoms with Crippen LogP contribution in [-0.4, -0.2) is 59.0 Å². The number of likely N-dealkylation sites (tertiary alicyclic amines) is 1. The first-order valence-electron chi connectivity index (χ1n) is 9.89. The highest BCUT2D eigenvalue weighted by atomic mass is 16.1. The van der Waals surface area contributed by atoms with Crippen LogP contribution in [0, 0.1) is 5.92 Å². The van der Waals surface area contributed by atoms with Crippen molar-refractivity contribution in [1.29, 1.82) is 0 Å². The first-order chi connectivity index (χ1) is 12.7. The van der Waals surface area contributed by atoms with Crippen LogP contribution >= 0.6 is 0 Å². The van der Waals surface area contributed by atoms with E-state index in [1.807, 2.05) is 25.8 Å². The molecule has 7 nitrogen and oxygen atoms in total. The minimum atomic E-state index is 0.142. The number of carbonyl (C=O) groups excluding carboxylic acids is 1. The molecule has 0 bridgehead atoms. The zero-order valence-corrected chi connectivity index (χ0v) is 16.0. The van der Waals surface area contributed by atoms with Crippen molar-refractivity contribution in [2.45, 2.75) is 57.5 Å². The Balaban J connectivity index is 1.46. The monoisotopic (exact) mass is 360 g/mol. The lowest BCUT2D eigenvalue weighted by molar-refractivity contribution is -0.121. The van der Waals surface area contributed by atoms with Crippen molar-refractivity contribution < 1.29 is 4.79 Å². The van der Waals surface area contributed by atoms with E-state index in [0.717, 1.165) is 38.3 Å². The van der Waals surface area contributed by atoms with Crippen LogP contribution in [0.5, 0.6) is 0 Å². The molecule has 26 heavy (non-hydrogen) atoms. The highest BCUT2D eigenvalue weighted by Crippen LogP contribution is 2.27. The van der Waals surface area contributed by atoms with Crippen molar-refractivity contribution >= 4 is 11.9 Å². The molecular formula is C19H32N6O. The zero-order valence-electron chi connectivity index (χ0n) is 16.0. The predicted molar refractivity (Wildman–Crippen MR) is 103 cm³/mol. The number of guanidine groups is 1. The summed E-state index contributed by atoms with van der Waals surface area (Å²) in [4.78, 5) is 23.0. The van der Waals surface area contributed by atoms with Crippen LogP contribution in [0.1, 0.15) is 51.5 Å². The van der Waals surface area contributed by atoms with Crippen molar-refractivity contribution in [1.82, 2.24) is 25.1 Å². The molecule has 2 atom stereocenters. The lowest BCUT2D eigenvalue weighted by atomic mass is 9.93. The minimum Gasteiger partial charge on any atom is -0.356 e. The molecule has 2 fully saturated rings. The number of carbonyl (C=O) groups is 1. The second kappa shape index (κ2) is 9.05. The van der Waals surface area contributed by atoms with E-state index >= 15 is 0 Å². The molecule has 2 heterocycles. The number of hydrogen-bond donors (Lipinski definition) is 2. The molecule has 2 unspecified atom stereocenters. The Morgan fingerprint density at radius 2 is 2.12 bits per heavy atom. The average Bonchev–Trinajstić information content (AvgIpc) is 3.33. The molecule has 0 aromatic carbocycles. The van der Waals surface area contributed by atoms with Gasteiger partial charge in [0.05, 0.1) is 12.4 Å². The number of imidazole rings is 1. The summed E-state index contributed by atoms with van der Waals surface area (Å²) in [7, 11) is 1.81. The summed E-state index contributed by atoms with van der Waals surface area (Å²) >= 11 is 0. The van der Waals surface area contributed by atoms with Gasteiger partial charge in [0.2, 0.25) is 5.91 Å². The van der Waals surface area contributed by atoms with Crippen LogP contribution in [0.4, 0.5) is 0 Å². The first-order valence-corrected chi connectivity index (χ1v) is 9.89. The molecule has 1 aliphatic heterocycles. The number of aliphatic imine (C=N–C) groups is 1. The third-order valence-corrected chi connectivity index (χ3v) is 5.69. The largest absolute Gasteiger partial charge is 0.356 e. The van der Waals surface area contributed by atoms with Gasteiger partial charge in [0.25, 0.3) is 0 Å². The first kappa shape index (κ1) is 18.7. The standard InChI is InChI=1S/C19H32N6O/c1-15-8-11-24(13-17(15)25-12-10-21-14-25)19(20-2)22-9-7-18(26)23-16-5-3-4-6-16/h10,12,14-17H,3-9,11,13H2,1-2H3,(H,20,22)(H,23,26). The van der Waals surface area contributed by atoms with E-state index in [1.165, 1.54) is 12.8 Å². The summed E-state index contributed by atoms with van der Waals surface area (Å²) < 4.78 is 2.19. The van der Waals surface area contributed by atoms with E-state index in [4.69, 9.17) is 0 Å². The van der Waals surface area contributed by atoms with Crippen molar-refractivity contribution in [3.8, 4) is 0 Å². The second-order valence-corrected chi connectivity index (χ2v) is 7.56. The van der Waals surface area contributed by atoms with E-state index in [2.05, 4.69) is 37.0 Å². The molecular weight excluding hydrogens is 328 g/mol. The van der Waals surface area contributed by atoms with E-state index in [0.29, 0.717) is 31.0 Å². The minimum absolute atomic E-state index is 0.142. The summed E-state index contributed by atoms with van der Waals surface area (Å²) in [6, 6.07) is 0.789. The SMILES string of the molecule is CN=C(NCCC(=O)NC1CCCC1)N1CCC(C)C(n2ccnc2)C1. The number of rotatable bonds is 5. The third kappa shape index (κ3) is 4.77. The molecule has 144 valence electrons. The Morgan fingerprint density at radius 3 is 2.81 bits per heavy atom. The molecule has 1 aromatic heterocycles. The molecule has 3 rings (SSSR count). The molecule has 1 amide bonds. The van der Waals surface area contributed by atoms with Gasteiger partial charge in [-0.05, 0) is 25.2 Å².